The summed E-state index contributed by atoms with van der Waals surface area (Å²) < 4.78 is 4.50. The molecule has 4 nitrogen and oxygen atoms in total. The topological polar surface area (TPSA) is 46.6 Å². The fourth-order valence-corrected chi connectivity index (χ4v) is 2.39. The molecule has 4 heteroatoms. The first kappa shape index (κ1) is 9.65. The van der Waals surface area contributed by atoms with Gasteiger partial charge in [-0.15, -0.1) is 0 Å². The molecule has 1 heterocycles. The highest BCUT2D eigenvalue weighted by Gasteiger charge is 2.39. The summed E-state index contributed by atoms with van der Waals surface area (Å²) in [6.07, 6.45) is 4.54. The van der Waals surface area contributed by atoms with Crippen LogP contribution in [0.4, 0.5) is 0 Å². The molecule has 1 saturated carbocycles. The van der Waals surface area contributed by atoms with Gasteiger partial charge in [-0.25, -0.2) is 0 Å². The zero-order valence-electron chi connectivity index (χ0n) is 8.41. The van der Waals surface area contributed by atoms with Crippen molar-refractivity contribution < 1.29 is 14.3 Å². The van der Waals surface area contributed by atoms with Gasteiger partial charge in [-0.3, -0.25) is 14.5 Å². The summed E-state index contributed by atoms with van der Waals surface area (Å²) in [5.74, 6) is -0.816. The summed E-state index contributed by atoms with van der Waals surface area (Å²) in [6, 6.07) is 0. The largest absolute Gasteiger partial charge is 0.391 e. The highest BCUT2D eigenvalue weighted by atomic mass is 16.6. The zero-order valence-corrected chi connectivity index (χ0v) is 8.41. The maximum Gasteiger partial charge on any atom is 0.327 e. The van der Waals surface area contributed by atoms with Crippen LogP contribution in [0.25, 0.3) is 0 Å². The lowest BCUT2D eigenvalue weighted by atomic mass is 9.97. The molecule has 1 aliphatic carbocycles. The van der Waals surface area contributed by atoms with Gasteiger partial charge < -0.3 is 4.74 Å². The SMILES string of the molecule is CC1(N2CC(=O)OC(=O)C2)CCCC1. The van der Waals surface area contributed by atoms with Crippen LogP contribution in [-0.2, 0) is 14.3 Å². The first-order valence-electron chi connectivity index (χ1n) is 5.09. The summed E-state index contributed by atoms with van der Waals surface area (Å²) in [5.41, 5.74) is 0.0368. The van der Waals surface area contributed by atoms with Gasteiger partial charge in [0.15, 0.2) is 0 Å². The van der Waals surface area contributed by atoms with Crippen molar-refractivity contribution >= 4 is 11.9 Å². The van der Waals surface area contributed by atoms with Gasteiger partial charge in [0, 0.05) is 5.54 Å². The lowest BCUT2D eigenvalue weighted by Gasteiger charge is -2.38. The summed E-state index contributed by atoms with van der Waals surface area (Å²) in [4.78, 5) is 24.2. The Hall–Kier alpha value is -0.900. The van der Waals surface area contributed by atoms with E-state index < -0.39 is 11.9 Å². The molecule has 2 aliphatic rings. The lowest BCUT2D eigenvalue weighted by Crippen LogP contribution is -2.53. The zero-order chi connectivity index (χ0) is 10.2. The Labute approximate surface area is 83.2 Å². The van der Waals surface area contributed by atoms with Gasteiger partial charge in [0.25, 0.3) is 0 Å². The van der Waals surface area contributed by atoms with Crippen molar-refractivity contribution in [3.63, 3.8) is 0 Å². The van der Waals surface area contributed by atoms with E-state index in [1.165, 1.54) is 12.8 Å². The Morgan fingerprint density at radius 2 is 1.64 bits per heavy atom. The van der Waals surface area contributed by atoms with Crippen LogP contribution in [0.15, 0.2) is 0 Å². The molecule has 78 valence electrons. The van der Waals surface area contributed by atoms with Crippen molar-refractivity contribution in [2.75, 3.05) is 13.1 Å². The van der Waals surface area contributed by atoms with E-state index in [1.54, 1.807) is 0 Å². The van der Waals surface area contributed by atoms with Crippen molar-refractivity contribution in [2.45, 2.75) is 38.1 Å². The van der Waals surface area contributed by atoms with E-state index in [0.717, 1.165) is 12.8 Å². The molecule has 0 amide bonds. The molecule has 2 fully saturated rings. The molecular formula is C10H15NO3. The van der Waals surface area contributed by atoms with E-state index in [4.69, 9.17) is 0 Å². The first-order valence-corrected chi connectivity index (χ1v) is 5.09. The fourth-order valence-electron chi connectivity index (χ4n) is 2.39. The minimum absolute atomic E-state index is 0.0368. The number of hydrogen-bond acceptors (Lipinski definition) is 4. The number of ether oxygens (including phenoxy) is 1. The maximum absolute atomic E-state index is 11.1. The van der Waals surface area contributed by atoms with Crippen molar-refractivity contribution in [3.05, 3.63) is 0 Å². The molecule has 1 aliphatic heterocycles. The van der Waals surface area contributed by atoms with Crippen LogP contribution < -0.4 is 0 Å². The number of nitrogens with zero attached hydrogens (tertiary/aromatic N) is 1. The molecule has 14 heavy (non-hydrogen) atoms. The summed E-state index contributed by atoms with van der Waals surface area (Å²) in [7, 11) is 0. The van der Waals surface area contributed by atoms with Crippen LogP contribution in [0.1, 0.15) is 32.6 Å². The van der Waals surface area contributed by atoms with Gasteiger partial charge in [0.2, 0.25) is 0 Å². The van der Waals surface area contributed by atoms with Crippen LogP contribution in [0, 0.1) is 0 Å². The number of rotatable bonds is 1. The van der Waals surface area contributed by atoms with Crippen LogP contribution >= 0.6 is 0 Å². The van der Waals surface area contributed by atoms with Crippen molar-refractivity contribution in [1.29, 1.82) is 0 Å². The Morgan fingerprint density at radius 1 is 1.14 bits per heavy atom. The highest BCUT2D eigenvalue weighted by molar-refractivity contribution is 5.90. The third-order valence-corrected chi connectivity index (χ3v) is 3.31. The lowest BCUT2D eigenvalue weighted by molar-refractivity contribution is -0.170. The van der Waals surface area contributed by atoms with E-state index in [-0.39, 0.29) is 18.6 Å². The molecule has 0 aromatic heterocycles. The van der Waals surface area contributed by atoms with Gasteiger partial charge in [0.05, 0.1) is 13.1 Å². The summed E-state index contributed by atoms with van der Waals surface area (Å²) in [5, 5.41) is 0. The Balaban J connectivity index is 2.09. The number of hydrogen-bond donors (Lipinski definition) is 0. The summed E-state index contributed by atoms with van der Waals surface area (Å²) in [6.45, 7) is 2.66. The van der Waals surface area contributed by atoms with E-state index in [9.17, 15) is 9.59 Å². The van der Waals surface area contributed by atoms with Crippen LogP contribution in [0.5, 0.6) is 0 Å². The minimum atomic E-state index is -0.408. The highest BCUT2D eigenvalue weighted by Crippen LogP contribution is 2.35. The average molecular weight is 197 g/mol. The molecule has 0 aromatic carbocycles. The van der Waals surface area contributed by atoms with Gasteiger partial charge in [-0.1, -0.05) is 12.8 Å². The third-order valence-electron chi connectivity index (χ3n) is 3.31. The predicted octanol–water partition coefficient (Wildman–Crippen LogP) is 0.704. The molecule has 0 bridgehead atoms. The third kappa shape index (κ3) is 1.66. The second-order valence-corrected chi connectivity index (χ2v) is 4.41. The molecule has 0 unspecified atom stereocenters. The van der Waals surface area contributed by atoms with Gasteiger partial charge in [-0.05, 0) is 19.8 Å². The van der Waals surface area contributed by atoms with Gasteiger partial charge >= 0.3 is 11.9 Å². The van der Waals surface area contributed by atoms with E-state index in [0.29, 0.717) is 0 Å². The number of carbonyl (C=O) groups excluding carboxylic acids is 2. The molecule has 0 radical (unpaired) electrons. The average Bonchev–Trinajstić information content (AvgIpc) is 2.52. The van der Waals surface area contributed by atoms with Crippen molar-refractivity contribution in [1.82, 2.24) is 4.90 Å². The predicted molar refractivity (Wildman–Crippen MR) is 49.5 cm³/mol. The van der Waals surface area contributed by atoms with Gasteiger partial charge in [0.1, 0.15) is 0 Å². The van der Waals surface area contributed by atoms with E-state index in [1.807, 2.05) is 4.90 Å². The van der Waals surface area contributed by atoms with Crippen LogP contribution in [0.3, 0.4) is 0 Å². The Morgan fingerprint density at radius 3 is 2.14 bits per heavy atom. The van der Waals surface area contributed by atoms with E-state index >= 15 is 0 Å². The normalized spacial score (nSPS) is 27.8. The number of cyclic esters (lactones) is 2. The molecule has 0 spiro atoms. The number of carbonyl (C=O) groups is 2. The molecule has 1 saturated heterocycles. The monoisotopic (exact) mass is 197 g/mol. The number of morpholine rings is 1. The Bertz CT molecular complexity index is 253. The fraction of sp³-hybridized carbons (Fsp3) is 0.800. The maximum atomic E-state index is 11.1. The molecule has 2 rings (SSSR count). The second kappa shape index (κ2) is 3.35. The van der Waals surface area contributed by atoms with Gasteiger partial charge in [-0.2, -0.15) is 0 Å². The molecule has 0 N–H and O–H groups in total. The van der Waals surface area contributed by atoms with Crippen LogP contribution in [0.2, 0.25) is 0 Å². The van der Waals surface area contributed by atoms with Crippen molar-refractivity contribution in [2.24, 2.45) is 0 Å². The first-order chi connectivity index (χ1) is 6.60. The molecular weight excluding hydrogens is 182 g/mol. The standard InChI is InChI=1S/C10H15NO3/c1-10(4-2-3-5-10)11-6-8(12)14-9(13)7-11/h2-7H2,1H3. The quantitative estimate of drug-likeness (QED) is 0.458. The van der Waals surface area contributed by atoms with Crippen LogP contribution in [-0.4, -0.2) is 35.5 Å². The molecule has 0 atom stereocenters. The minimum Gasteiger partial charge on any atom is -0.391 e. The number of esters is 2. The van der Waals surface area contributed by atoms with Crippen molar-refractivity contribution in [3.8, 4) is 0 Å². The van der Waals surface area contributed by atoms with E-state index in [2.05, 4.69) is 11.7 Å². The molecule has 0 aromatic rings. The summed E-state index contributed by atoms with van der Waals surface area (Å²) >= 11 is 0. The second-order valence-electron chi connectivity index (χ2n) is 4.41. The smallest absolute Gasteiger partial charge is 0.327 e. The Kier molecular flexibility index (Phi) is 2.31.